The third-order valence-electron chi connectivity index (χ3n) is 4.29. The van der Waals surface area contributed by atoms with Crippen molar-refractivity contribution in [3.05, 3.63) is 83.2 Å². The van der Waals surface area contributed by atoms with Crippen LogP contribution in [0.2, 0.25) is 0 Å². The highest BCUT2D eigenvalue weighted by Crippen LogP contribution is 2.38. The first-order valence-corrected chi connectivity index (χ1v) is 10.3. The van der Waals surface area contributed by atoms with Gasteiger partial charge in [-0.05, 0) is 37.1 Å². The van der Waals surface area contributed by atoms with E-state index in [1.54, 1.807) is 43.7 Å². The number of hydrogen-bond donors (Lipinski definition) is 2. The number of hydrogen-bond acceptors (Lipinski definition) is 5. The Hall–Kier alpha value is -3.26. The van der Waals surface area contributed by atoms with Gasteiger partial charge in [0.1, 0.15) is 5.82 Å². The van der Waals surface area contributed by atoms with Crippen LogP contribution < -0.4 is 10.6 Å². The molecule has 3 aromatic rings. The highest BCUT2D eigenvalue weighted by Gasteiger charge is 2.16. The molecule has 1 heterocycles. The van der Waals surface area contributed by atoms with Gasteiger partial charge in [-0.25, -0.2) is 8.78 Å². The van der Waals surface area contributed by atoms with Crippen LogP contribution in [-0.2, 0) is 11.2 Å². The zero-order chi connectivity index (χ0) is 22.6. The molecule has 3 rings (SSSR count). The van der Waals surface area contributed by atoms with E-state index in [1.807, 2.05) is 12.1 Å². The van der Waals surface area contributed by atoms with E-state index in [0.717, 1.165) is 30.0 Å². The minimum Gasteiger partial charge on any atom is -0.385 e. The minimum atomic E-state index is -0.612. The molecule has 5 nitrogen and oxygen atoms in total. The molecule has 0 radical (unpaired) electrons. The van der Waals surface area contributed by atoms with Gasteiger partial charge in [0.2, 0.25) is 6.41 Å². The van der Waals surface area contributed by atoms with Crippen molar-refractivity contribution >= 4 is 30.1 Å². The third-order valence-corrected chi connectivity index (χ3v) is 5.42. The Kier molecular flexibility index (Phi) is 9.64. The molecule has 31 heavy (non-hydrogen) atoms. The lowest BCUT2D eigenvalue weighted by molar-refractivity contribution is -0.109. The Balaban J connectivity index is 0.000000262. The molecule has 0 saturated heterocycles. The number of nitrogens with zero attached hydrogens (tertiary/aromatic N) is 1. The van der Waals surface area contributed by atoms with Crippen LogP contribution in [0.1, 0.15) is 21.5 Å². The Morgan fingerprint density at radius 2 is 1.87 bits per heavy atom. The van der Waals surface area contributed by atoms with Crippen molar-refractivity contribution in [2.75, 3.05) is 18.9 Å². The number of aldehydes is 1. The highest BCUT2D eigenvalue weighted by molar-refractivity contribution is 7.99. The van der Waals surface area contributed by atoms with Crippen molar-refractivity contribution in [3.8, 4) is 0 Å². The largest absolute Gasteiger partial charge is 0.385 e. The lowest BCUT2D eigenvalue weighted by Gasteiger charge is -2.13. The third kappa shape index (κ3) is 6.89. The second kappa shape index (κ2) is 12.4. The molecule has 0 fully saturated rings. The van der Waals surface area contributed by atoms with Crippen LogP contribution in [0.3, 0.4) is 0 Å². The van der Waals surface area contributed by atoms with Crippen molar-refractivity contribution in [1.29, 1.82) is 0 Å². The monoisotopic (exact) mass is 443 g/mol. The van der Waals surface area contributed by atoms with Crippen molar-refractivity contribution in [1.82, 2.24) is 10.3 Å². The van der Waals surface area contributed by atoms with Gasteiger partial charge in [-0.15, -0.1) is 0 Å². The summed E-state index contributed by atoms with van der Waals surface area (Å²) in [6, 6.07) is 12.1. The van der Waals surface area contributed by atoms with Gasteiger partial charge in [-0.1, -0.05) is 36.0 Å². The smallest absolute Gasteiger partial charge is 0.207 e. The maximum atomic E-state index is 14.0. The number of carbonyl (C=O) groups is 2. The summed E-state index contributed by atoms with van der Waals surface area (Å²) in [6.45, 7) is 2.06. The first-order chi connectivity index (χ1) is 15.0. The average Bonchev–Trinajstić information content (AvgIpc) is 2.79. The summed E-state index contributed by atoms with van der Waals surface area (Å²) < 4.78 is 27.7. The quantitative estimate of drug-likeness (QED) is 0.392. The van der Waals surface area contributed by atoms with Gasteiger partial charge < -0.3 is 10.6 Å². The maximum Gasteiger partial charge on any atom is 0.207 e. The number of amides is 1. The molecule has 162 valence electrons. The van der Waals surface area contributed by atoms with Gasteiger partial charge in [0.25, 0.3) is 0 Å². The van der Waals surface area contributed by atoms with Crippen LogP contribution in [0, 0.1) is 18.6 Å². The van der Waals surface area contributed by atoms with E-state index in [-0.39, 0.29) is 11.3 Å². The van der Waals surface area contributed by atoms with E-state index in [2.05, 4.69) is 15.6 Å². The molecule has 2 aromatic carbocycles. The summed E-state index contributed by atoms with van der Waals surface area (Å²) in [5.41, 5.74) is 1.83. The number of pyridine rings is 1. The molecule has 0 saturated carbocycles. The highest BCUT2D eigenvalue weighted by atomic mass is 32.2. The van der Waals surface area contributed by atoms with Crippen molar-refractivity contribution in [2.45, 2.75) is 23.1 Å². The summed E-state index contributed by atoms with van der Waals surface area (Å²) in [5.74, 6) is -1.22. The van der Waals surface area contributed by atoms with Crippen LogP contribution in [0.25, 0.3) is 0 Å². The normalized spacial score (nSPS) is 9.94. The predicted octanol–water partition coefficient (Wildman–Crippen LogP) is 4.65. The average molecular weight is 444 g/mol. The summed E-state index contributed by atoms with van der Waals surface area (Å²) in [4.78, 5) is 25.9. The lowest BCUT2D eigenvalue weighted by atomic mass is 10.2. The van der Waals surface area contributed by atoms with E-state index >= 15 is 0 Å². The topological polar surface area (TPSA) is 71.1 Å². The number of nitrogens with one attached hydrogen (secondary N) is 2. The van der Waals surface area contributed by atoms with Crippen LogP contribution >= 0.6 is 11.8 Å². The van der Waals surface area contributed by atoms with E-state index in [0.29, 0.717) is 28.3 Å². The summed E-state index contributed by atoms with van der Waals surface area (Å²) in [5, 5.41) is 5.33. The molecule has 0 spiro atoms. The number of aromatic nitrogens is 1. The standard InChI is InChI=1S/C15H13F2NOS.C8H10N2O/c1-9-11(16)7-13(15(18-2)14(9)17)20-12-6-4-3-5-10(12)8-19;11-7-10-5-3-8-2-1-4-9-6-8/h3-8,18H,1-2H3;1-2,4,6-7H,3,5H2,(H,10,11). The lowest BCUT2D eigenvalue weighted by Crippen LogP contribution is -2.14. The molecule has 0 aliphatic rings. The molecule has 0 aliphatic carbocycles. The number of rotatable bonds is 8. The summed E-state index contributed by atoms with van der Waals surface area (Å²) in [7, 11) is 1.57. The number of benzene rings is 2. The molecule has 0 aliphatic heterocycles. The molecule has 0 atom stereocenters. The summed E-state index contributed by atoms with van der Waals surface area (Å²) >= 11 is 1.15. The van der Waals surface area contributed by atoms with Crippen molar-refractivity contribution in [3.63, 3.8) is 0 Å². The van der Waals surface area contributed by atoms with Gasteiger partial charge in [0, 0.05) is 46.9 Å². The van der Waals surface area contributed by atoms with E-state index < -0.39 is 11.6 Å². The predicted molar refractivity (Wildman–Crippen MR) is 119 cm³/mol. The number of halogens is 2. The SMILES string of the molecule is CNc1c(Sc2ccccc2C=O)cc(F)c(C)c1F.O=CNCCc1cccnc1. The molecular formula is C23H23F2N3O2S. The Labute approximate surface area is 184 Å². The minimum absolute atomic E-state index is 0.0256. The van der Waals surface area contributed by atoms with Crippen molar-refractivity contribution in [2.24, 2.45) is 0 Å². The Bertz CT molecular complexity index is 1020. The number of anilines is 1. The summed E-state index contributed by atoms with van der Waals surface area (Å²) in [6.07, 6.45) is 5.80. The van der Waals surface area contributed by atoms with E-state index in [9.17, 15) is 18.4 Å². The van der Waals surface area contributed by atoms with Gasteiger partial charge >= 0.3 is 0 Å². The fourth-order valence-electron chi connectivity index (χ4n) is 2.62. The fourth-order valence-corrected chi connectivity index (χ4v) is 3.69. The Morgan fingerprint density at radius 1 is 1.10 bits per heavy atom. The van der Waals surface area contributed by atoms with Gasteiger partial charge in [0.15, 0.2) is 12.1 Å². The first kappa shape index (κ1) is 24.0. The second-order valence-corrected chi connectivity index (χ2v) is 7.45. The van der Waals surface area contributed by atoms with Crippen LogP contribution in [0.5, 0.6) is 0 Å². The number of carbonyl (C=O) groups excluding carboxylic acids is 2. The van der Waals surface area contributed by atoms with Gasteiger partial charge in [-0.2, -0.15) is 0 Å². The first-order valence-electron chi connectivity index (χ1n) is 9.46. The van der Waals surface area contributed by atoms with Crippen LogP contribution in [0.15, 0.2) is 64.6 Å². The van der Waals surface area contributed by atoms with Gasteiger partial charge in [0.05, 0.1) is 5.69 Å². The molecule has 0 unspecified atom stereocenters. The molecule has 2 N–H and O–H groups in total. The van der Waals surface area contributed by atoms with Crippen molar-refractivity contribution < 1.29 is 18.4 Å². The molecule has 8 heteroatoms. The van der Waals surface area contributed by atoms with Crippen LogP contribution in [-0.4, -0.2) is 31.3 Å². The molecular weight excluding hydrogens is 420 g/mol. The zero-order valence-corrected chi connectivity index (χ0v) is 18.0. The zero-order valence-electron chi connectivity index (χ0n) is 17.2. The molecule has 1 amide bonds. The fraction of sp³-hybridized carbons (Fsp3) is 0.174. The van der Waals surface area contributed by atoms with E-state index in [4.69, 9.17) is 0 Å². The van der Waals surface area contributed by atoms with Crippen LogP contribution in [0.4, 0.5) is 14.5 Å². The molecule has 1 aromatic heterocycles. The second-order valence-electron chi connectivity index (χ2n) is 6.36. The van der Waals surface area contributed by atoms with E-state index in [1.165, 1.54) is 13.0 Å². The molecule has 0 bridgehead atoms. The van der Waals surface area contributed by atoms with Gasteiger partial charge in [-0.3, -0.25) is 14.6 Å². The maximum absolute atomic E-state index is 14.0. The Morgan fingerprint density at radius 3 is 2.52 bits per heavy atom.